The Balaban J connectivity index is 1.97. The van der Waals surface area contributed by atoms with Crippen LogP contribution >= 0.6 is 35.0 Å². The Morgan fingerprint density at radius 1 is 1.15 bits per heavy atom. The van der Waals surface area contributed by atoms with Crippen LogP contribution in [0.15, 0.2) is 66.5 Å². The second kappa shape index (κ2) is 10.5. The molecule has 2 aromatic carbocycles. The van der Waals surface area contributed by atoms with Gasteiger partial charge in [0, 0.05) is 11.8 Å². The highest BCUT2D eigenvalue weighted by Gasteiger charge is 2.25. The van der Waals surface area contributed by atoms with Crippen LogP contribution in [0.2, 0.25) is 10.0 Å². The molecule has 0 amide bonds. The van der Waals surface area contributed by atoms with Gasteiger partial charge in [-0.05, 0) is 42.2 Å². The second-order valence-electron chi connectivity index (χ2n) is 7.09. The van der Waals surface area contributed by atoms with Crippen LogP contribution in [0.25, 0.3) is 34.0 Å². The number of imidazole rings is 1. The zero-order chi connectivity index (χ0) is 24.2. The van der Waals surface area contributed by atoms with E-state index in [1.54, 1.807) is 30.5 Å². The van der Waals surface area contributed by atoms with Crippen LogP contribution in [0.1, 0.15) is 5.56 Å². The van der Waals surface area contributed by atoms with E-state index in [0.29, 0.717) is 51.3 Å². The van der Waals surface area contributed by atoms with E-state index in [1.165, 1.54) is 11.8 Å². The van der Waals surface area contributed by atoms with Gasteiger partial charge in [-0.3, -0.25) is 0 Å². The molecule has 7 nitrogen and oxygen atoms in total. The van der Waals surface area contributed by atoms with E-state index in [2.05, 4.69) is 16.5 Å². The van der Waals surface area contributed by atoms with Crippen molar-refractivity contribution in [3.05, 3.63) is 76.9 Å². The minimum absolute atomic E-state index is 0.131. The average molecular weight is 515 g/mol. The van der Waals surface area contributed by atoms with E-state index in [1.807, 2.05) is 30.5 Å². The van der Waals surface area contributed by atoms with E-state index in [9.17, 15) is 10.3 Å². The van der Waals surface area contributed by atoms with Gasteiger partial charge in [0.05, 0.1) is 27.9 Å². The molecular formula is C24H20Cl2N4O3S. The number of benzene rings is 2. The molecule has 10 heteroatoms. The van der Waals surface area contributed by atoms with Gasteiger partial charge in [0.1, 0.15) is 23.7 Å². The molecule has 4 rings (SSSR count). The van der Waals surface area contributed by atoms with Gasteiger partial charge in [-0.25, -0.2) is 15.0 Å². The van der Waals surface area contributed by atoms with Gasteiger partial charge in [-0.15, -0.1) is 0 Å². The van der Waals surface area contributed by atoms with E-state index >= 15 is 0 Å². The molecule has 4 aromatic rings. The molecule has 0 saturated heterocycles. The van der Waals surface area contributed by atoms with Crippen LogP contribution in [0, 0.1) is 0 Å². The first-order valence-corrected chi connectivity index (χ1v) is 12.1. The number of hydrogen-bond donors (Lipinski definition) is 2. The first-order valence-electron chi connectivity index (χ1n) is 10.1. The summed E-state index contributed by atoms with van der Waals surface area (Å²) >= 11 is 14.4. The van der Waals surface area contributed by atoms with Crippen molar-refractivity contribution in [2.45, 2.75) is 11.8 Å². The highest BCUT2D eigenvalue weighted by molar-refractivity contribution is 7.98. The van der Waals surface area contributed by atoms with Crippen LogP contribution in [0.3, 0.4) is 0 Å². The van der Waals surface area contributed by atoms with Crippen molar-refractivity contribution in [1.29, 1.82) is 0 Å². The zero-order valence-corrected chi connectivity index (χ0v) is 20.4. The number of ether oxygens (including phenoxy) is 1. The van der Waals surface area contributed by atoms with Crippen molar-refractivity contribution < 1.29 is 15.1 Å². The van der Waals surface area contributed by atoms with Crippen molar-refractivity contribution in [3.63, 3.8) is 0 Å². The lowest BCUT2D eigenvalue weighted by Gasteiger charge is -2.10. The number of rotatable bonds is 8. The molecule has 0 aliphatic rings. The fourth-order valence-corrected chi connectivity index (χ4v) is 4.45. The van der Waals surface area contributed by atoms with Gasteiger partial charge in [-0.1, -0.05) is 59.8 Å². The maximum Gasteiger partial charge on any atom is 0.187 e. The lowest BCUT2D eigenvalue weighted by molar-refractivity contribution is 0.195. The third-order valence-corrected chi connectivity index (χ3v) is 6.05. The summed E-state index contributed by atoms with van der Waals surface area (Å²) in [6.45, 7) is 3.80. The fourth-order valence-electron chi connectivity index (χ4n) is 3.40. The monoisotopic (exact) mass is 514 g/mol. The van der Waals surface area contributed by atoms with Gasteiger partial charge in [0.25, 0.3) is 0 Å². The topological polar surface area (TPSA) is 93.3 Å². The number of halogens is 2. The molecule has 0 fully saturated rings. The van der Waals surface area contributed by atoms with Crippen LogP contribution in [0.4, 0.5) is 0 Å². The van der Waals surface area contributed by atoms with Crippen LogP contribution in [-0.2, 0) is 6.61 Å². The lowest BCUT2D eigenvalue weighted by atomic mass is 10.1. The summed E-state index contributed by atoms with van der Waals surface area (Å²) in [5, 5.41) is 21.8. The second-order valence-corrected chi connectivity index (χ2v) is 8.68. The largest absolute Gasteiger partial charge is 0.490 e. The molecule has 34 heavy (non-hydrogen) atoms. The van der Waals surface area contributed by atoms with Gasteiger partial charge >= 0.3 is 0 Å². The molecule has 0 aliphatic heterocycles. The van der Waals surface area contributed by atoms with E-state index in [0.717, 1.165) is 4.73 Å². The summed E-state index contributed by atoms with van der Waals surface area (Å²) in [6, 6.07) is 12.2. The van der Waals surface area contributed by atoms with Gasteiger partial charge in [0.2, 0.25) is 0 Å². The van der Waals surface area contributed by atoms with Crippen LogP contribution < -0.4 is 4.74 Å². The van der Waals surface area contributed by atoms with Crippen LogP contribution in [-0.4, -0.2) is 42.9 Å². The van der Waals surface area contributed by atoms with Crippen molar-refractivity contribution in [1.82, 2.24) is 19.7 Å². The maximum absolute atomic E-state index is 11.3. The normalized spacial score (nSPS) is 10.9. The van der Waals surface area contributed by atoms with Gasteiger partial charge in [0.15, 0.2) is 11.0 Å². The number of nitrogens with zero attached hydrogens (tertiary/aromatic N) is 4. The van der Waals surface area contributed by atoms with Crippen molar-refractivity contribution in [3.8, 4) is 39.8 Å². The highest BCUT2D eigenvalue weighted by Crippen LogP contribution is 2.41. The van der Waals surface area contributed by atoms with E-state index < -0.39 is 0 Å². The first-order chi connectivity index (χ1) is 16.5. The predicted octanol–water partition coefficient (Wildman–Crippen LogP) is 6.00. The van der Waals surface area contributed by atoms with Crippen molar-refractivity contribution >= 4 is 35.0 Å². The summed E-state index contributed by atoms with van der Waals surface area (Å²) in [7, 11) is 0. The molecule has 174 valence electrons. The number of aromatic nitrogens is 4. The highest BCUT2D eigenvalue weighted by atomic mass is 35.5. The number of aliphatic hydroxyl groups is 1. The summed E-state index contributed by atoms with van der Waals surface area (Å²) in [5.74, 6) is 0.750. The summed E-state index contributed by atoms with van der Waals surface area (Å²) in [5.41, 5.74) is 2.82. The summed E-state index contributed by atoms with van der Waals surface area (Å²) < 4.78 is 6.60. The van der Waals surface area contributed by atoms with E-state index in [-0.39, 0.29) is 22.5 Å². The summed E-state index contributed by atoms with van der Waals surface area (Å²) in [6.07, 6.45) is 5.14. The number of aliphatic hydroxyl groups excluding tert-OH is 1. The predicted molar refractivity (Wildman–Crippen MR) is 135 cm³/mol. The fraction of sp³-hybridized carbons (Fsp3) is 0.125. The Hall–Kier alpha value is -3.04. The molecule has 2 aromatic heterocycles. The average Bonchev–Trinajstić information content (AvgIpc) is 3.19. The number of hydrogen-bond acceptors (Lipinski definition) is 7. The van der Waals surface area contributed by atoms with Gasteiger partial charge < -0.3 is 15.1 Å². The number of thioether (sulfide) groups is 1. The molecule has 0 unspecified atom stereocenters. The minimum atomic E-state index is -0.223. The molecular weight excluding hydrogens is 495 g/mol. The third-order valence-electron chi connectivity index (χ3n) is 4.90. The molecule has 0 bridgehead atoms. The zero-order valence-electron chi connectivity index (χ0n) is 18.1. The Kier molecular flexibility index (Phi) is 7.43. The van der Waals surface area contributed by atoms with Crippen LogP contribution in [0.5, 0.6) is 5.75 Å². The molecule has 0 aliphatic carbocycles. The Morgan fingerprint density at radius 2 is 1.91 bits per heavy atom. The third kappa shape index (κ3) is 4.76. The molecule has 0 radical (unpaired) electrons. The Morgan fingerprint density at radius 3 is 2.59 bits per heavy atom. The van der Waals surface area contributed by atoms with Crippen molar-refractivity contribution in [2.24, 2.45) is 0 Å². The molecule has 2 N–H and O–H groups in total. The Labute approximate surface area is 210 Å². The molecule has 0 spiro atoms. The lowest BCUT2D eigenvalue weighted by Crippen LogP contribution is -2.01. The van der Waals surface area contributed by atoms with E-state index in [4.69, 9.17) is 32.9 Å². The van der Waals surface area contributed by atoms with Crippen molar-refractivity contribution in [2.75, 3.05) is 12.9 Å². The minimum Gasteiger partial charge on any atom is -0.490 e. The maximum atomic E-state index is 11.3. The first kappa shape index (κ1) is 24.1. The molecule has 0 saturated carbocycles. The van der Waals surface area contributed by atoms with Gasteiger partial charge in [-0.2, -0.15) is 4.73 Å². The summed E-state index contributed by atoms with van der Waals surface area (Å²) in [4.78, 5) is 13.5. The molecule has 2 heterocycles. The smallest absolute Gasteiger partial charge is 0.187 e. The standard InChI is InChI=1S/C24H20Cl2N4O3S/c1-3-9-33-16-6-4-5-15(12-16)21-22(19-7-8-27-24(28-19)34-2)30(32)23(29-21)20-17(25)10-14(13-31)11-18(20)26/h3-8,10-12,31-32H,1,9,13H2,2H3. The molecule has 0 atom stereocenters. The quantitative estimate of drug-likeness (QED) is 0.129. The Bertz CT molecular complexity index is 1340. The SMILES string of the molecule is C=CCOc1cccc(-c2nc(-c3c(Cl)cc(CO)cc3Cl)n(O)c2-c2ccnc(SC)n2)c1.